The highest BCUT2D eigenvalue weighted by atomic mass is 32.1. The van der Waals surface area contributed by atoms with E-state index in [0.717, 1.165) is 22.3 Å². The van der Waals surface area contributed by atoms with Gasteiger partial charge >= 0.3 is 0 Å². The van der Waals surface area contributed by atoms with Crippen molar-refractivity contribution in [3.05, 3.63) is 93.2 Å². The Morgan fingerprint density at radius 1 is 0.943 bits per heavy atom. The lowest BCUT2D eigenvalue weighted by molar-refractivity contribution is 0.182. The first-order valence-corrected chi connectivity index (χ1v) is 12.4. The van der Waals surface area contributed by atoms with Gasteiger partial charge in [-0.3, -0.25) is 4.79 Å². The van der Waals surface area contributed by atoms with Gasteiger partial charge in [0.25, 0.3) is 5.56 Å². The second-order valence-corrected chi connectivity index (χ2v) is 9.32. The molecule has 0 aliphatic heterocycles. The smallest absolute Gasteiger partial charge is 0.274 e. The first-order valence-electron chi connectivity index (χ1n) is 11.6. The Hall–Kier alpha value is -3.84. The van der Waals surface area contributed by atoms with Crippen LogP contribution in [0.5, 0.6) is 17.2 Å². The van der Waals surface area contributed by atoms with Gasteiger partial charge in [0.2, 0.25) is 0 Å². The molecule has 0 saturated heterocycles. The molecule has 0 saturated carbocycles. The van der Waals surface area contributed by atoms with Crippen molar-refractivity contribution in [2.24, 2.45) is 5.92 Å². The highest BCUT2D eigenvalue weighted by Gasteiger charge is 2.12. The van der Waals surface area contributed by atoms with Crippen LogP contribution in [0.25, 0.3) is 22.1 Å². The third-order valence-electron chi connectivity index (χ3n) is 5.51. The van der Waals surface area contributed by atoms with Crippen molar-refractivity contribution in [2.45, 2.75) is 13.8 Å². The number of ether oxygens (including phenoxy) is 3. The van der Waals surface area contributed by atoms with E-state index in [9.17, 15) is 4.79 Å². The number of imidazole rings is 1. The second-order valence-electron chi connectivity index (χ2n) is 8.31. The SMILES string of the molecule is CCOc1cc(C=c2sc3nc4ccccc4n3c2=O)ccc1OCC(C)COc1ccccc1. The number of hydrogen-bond acceptors (Lipinski definition) is 6. The van der Waals surface area contributed by atoms with E-state index in [1.54, 1.807) is 4.40 Å². The minimum atomic E-state index is -0.0655. The number of fused-ring (bicyclic) bond motifs is 3. The summed E-state index contributed by atoms with van der Waals surface area (Å²) in [4.78, 5) is 18.3. The fourth-order valence-corrected chi connectivity index (χ4v) is 4.79. The van der Waals surface area contributed by atoms with Gasteiger partial charge in [-0.1, -0.05) is 54.7 Å². The molecular weight excluding hydrogens is 460 g/mol. The molecule has 5 aromatic rings. The summed E-state index contributed by atoms with van der Waals surface area (Å²) in [6.07, 6.45) is 1.87. The van der Waals surface area contributed by atoms with Gasteiger partial charge in [-0.25, -0.2) is 9.38 Å². The van der Waals surface area contributed by atoms with E-state index in [-0.39, 0.29) is 11.5 Å². The van der Waals surface area contributed by atoms with Gasteiger partial charge in [0.1, 0.15) is 5.75 Å². The van der Waals surface area contributed by atoms with Crippen molar-refractivity contribution in [2.75, 3.05) is 19.8 Å². The highest BCUT2D eigenvalue weighted by molar-refractivity contribution is 7.15. The van der Waals surface area contributed by atoms with E-state index < -0.39 is 0 Å². The number of rotatable bonds is 9. The van der Waals surface area contributed by atoms with Crippen LogP contribution in [0.4, 0.5) is 0 Å². The number of nitrogens with zero attached hydrogens (tertiary/aromatic N) is 2. The first kappa shape index (κ1) is 22.9. The largest absolute Gasteiger partial charge is 0.493 e. The molecule has 178 valence electrons. The highest BCUT2D eigenvalue weighted by Crippen LogP contribution is 2.29. The zero-order valence-electron chi connectivity index (χ0n) is 19.6. The molecule has 0 fully saturated rings. The average Bonchev–Trinajstić information content (AvgIpc) is 3.39. The summed E-state index contributed by atoms with van der Waals surface area (Å²) in [5.74, 6) is 2.36. The lowest BCUT2D eigenvalue weighted by Gasteiger charge is -2.16. The molecule has 3 aromatic carbocycles. The summed E-state index contributed by atoms with van der Waals surface area (Å²) in [5.41, 5.74) is 2.45. The molecule has 2 aromatic heterocycles. The van der Waals surface area contributed by atoms with Crippen molar-refractivity contribution < 1.29 is 14.2 Å². The normalized spacial score (nSPS) is 12.8. The Bertz CT molecular complexity index is 1560. The summed E-state index contributed by atoms with van der Waals surface area (Å²) in [7, 11) is 0. The van der Waals surface area contributed by atoms with Crippen LogP contribution < -0.4 is 24.3 Å². The lowest BCUT2D eigenvalue weighted by Crippen LogP contribution is -2.22. The average molecular weight is 487 g/mol. The summed E-state index contributed by atoms with van der Waals surface area (Å²) in [6.45, 7) is 5.58. The van der Waals surface area contributed by atoms with E-state index in [2.05, 4.69) is 11.9 Å². The van der Waals surface area contributed by atoms with Crippen LogP contribution in [0.1, 0.15) is 19.4 Å². The van der Waals surface area contributed by atoms with E-state index in [1.807, 2.05) is 85.8 Å². The van der Waals surface area contributed by atoms with E-state index in [0.29, 0.717) is 40.8 Å². The molecule has 0 amide bonds. The minimum absolute atomic E-state index is 0.0655. The summed E-state index contributed by atoms with van der Waals surface area (Å²) >= 11 is 1.38. The topological polar surface area (TPSA) is 62.1 Å². The zero-order chi connectivity index (χ0) is 24.2. The first-order chi connectivity index (χ1) is 17.1. The molecule has 0 bridgehead atoms. The third kappa shape index (κ3) is 5.00. The molecule has 1 atom stereocenters. The monoisotopic (exact) mass is 486 g/mol. The maximum atomic E-state index is 13.1. The number of aromatic nitrogens is 2. The van der Waals surface area contributed by atoms with Crippen LogP contribution in [0.15, 0.2) is 77.6 Å². The van der Waals surface area contributed by atoms with Gasteiger partial charge in [0.15, 0.2) is 16.5 Å². The van der Waals surface area contributed by atoms with Gasteiger partial charge in [-0.05, 0) is 55.0 Å². The van der Waals surface area contributed by atoms with Crippen LogP contribution in [-0.4, -0.2) is 29.2 Å². The fourth-order valence-electron chi connectivity index (χ4n) is 3.80. The van der Waals surface area contributed by atoms with Crippen LogP contribution >= 0.6 is 11.3 Å². The maximum Gasteiger partial charge on any atom is 0.274 e. The van der Waals surface area contributed by atoms with Crippen molar-refractivity contribution in [1.82, 2.24) is 9.38 Å². The van der Waals surface area contributed by atoms with Crippen LogP contribution in [0.2, 0.25) is 0 Å². The molecule has 35 heavy (non-hydrogen) atoms. The Morgan fingerprint density at radius 2 is 1.71 bits per heavy atom. The van der Waals surface area contributed by atoms with Crippen molar-refractivity contribution in [1.29, 1.82) is 0 Å². The standard InChI is InChI=1S/C28H26N2O4S/c1-3-32-25-15-20(13-14-24(25)34-18-19(2)17-33-21-9-5-4-6-10-21)16-26-27(31)30-23-12-8-7-11-22(23)29-28(30)35-26/h4-16,19H,3,17-18H2,1-2H3. The zero-order valence-corrected chi connectivity index (χ0v) is 20.5. The van der Waals surface area contributed by atoms with E-state index in [1.165, 1.54) is 11.3 Å². The van der Waals surface area contributed by atoms with E-state index >= 15 is 0 Å². The Morgan fingerprint density at radius 3 is 2.54 bits per heavy atom. The third-order valence-corrected chi connectivity index (χ3v) is 6.48. The molecule has 2 heterocycles. The predicted molar refractivity (Wildman–Crippen MR) is 140 cm³/mol. The minimum Gasteiger partial charge on any atom is -0.493 e. The Kier molecular flexibility index (Phi) is 6.68. The van der Waals surface area contributed by atoms with Crippen molar-refractivity contribution in [3.8, 4) is 17.2 Å². The van der Waals surface area contributed by atoms with E-state index in [4.69, 9.17) is 14.2 Å². The number of para-hydroxylation sites is 3. The van der Waals surface area contributed by atoms with Gasteiger partial charge in [-0.15, -0.1) is 0 Å². The molecule has 0 radical (unpaired) electrons. The predicted octanol–water partition coefficient (Wildman–Crippen LogP) is 4.95. The van der Waals surface area contributed by atoms with Crippen LogP contribution in [-0.2, 0) is 0 Å². The van der Waals surface area contributed by atoms with Crippen LogP contribution in [0.3, 0.4) is 0 Å². The molecule has 1 unspecified atom stereocenters. The van der Waals surface area contributed by atoms with Gasteiger partial charge in [-0.2, -0.15) is 0 Å². The number of thiazole rings is 1. The molecule has 6 nitrogen and oxygen atoms in total. The molecule has 5 rings (SSSR count). The summed E-state index contributed by atoms with van der Waals surface area (Å²) < 4.78 is 20.0. The van der Waals surface area contributed by atoms with Gasteiger partial charge in [0, 0.05) is 5.92 Å². The molecule has 7 heteroatoms. The molecule has 0 spiro atoms. The fraction of sp³-hybridized carbons (Fsp3) is 0.214. The van der Waals surface area contributed by atoms with Crippen molar-refractivity contribution in [3.63, 3.8) is 0 Å². The van der Waals surface area contributed by atoms with Crippen molar-refractivity contribution >= 4 is 33.4 Å². The summed E-state index contributed by atoms with van der Waals surface area (Å²) in [5, 5.41) is 0. The van der Waals surface area contributed by atoms with Gasteiger partial charge < -0.3 is 14.2 Å². The second kappa shape index (κ2) is 10.2. The Balaban J connectivity index is 1.34. The lowest BCUT2D eigenvalue weighted by atomic mass is 10.2. The van der Waals surface area contributed by atoms with Gasteiger partial charge in [0.05, 0.1) is 35.4 Å². The van der Waals surface area contributed by atoms with Crippen LogP contribution in [0, 0.1) is 5.92 Å². The quantitative estimate of drug-likeness (QED) is 0.295. The molecule has 0 N–H and O–H groups in total. The summed E-state index contributed by atoms with van der Waals surface area (Å²) in [6, 6.07) is 23.2. The molecule has 0 aliphatic carbocycles. The molecule has 0 aliphatic rings. The maximum absolute atomic E-state index is 13.1. The molecular formula is C28H26N2O4S. The number of hydrogen-bond donors (Lipinski definition) is 0. The Labute approximate surface area is 207 Å². The number of benzene rings is 3.